The van der Waals surface area contributed by atoms with E-state index in [1.807, 2.05) is 11.8 Å². The predicted molar refractivity (Wildman–Crippen MR) is 130 cm³/mol. The van der Waals surface area contributed by atoms with Crippen LogP contribution in [0.5, 0.6) is 0 Å². The molecule has 0 atom stereocenters. The molecule has 1 aromatic heterocycles. The van der Waals surface area contributed by atoms with Crippen LogP contribution in [-0.2, 0) is 14.8 Å². The summed E-state index contributed by atoms with van der Waals surface area (Å²) < 4.78 is 53.0. The van der Waals surface area contributed by atoms with Crippen LogP contribution < -0.4 is 4.90 Å². The van der Waals surface area contributed by atoms with Gasteiger partial charge in [0.1, 0.15) is 0 Å². The molecular weight excluding hydrogens is 531 g/mol. The second kappa shape index (κ2) is 9.18. The molecule has 1 aliphatic rings. The van der Waals surface area contributed by atoms with Crippen LogP contribution in [0, 0.1) is 6.92 Å². The van der Waals surface area contributed by atoms with Crippen molar-refractivity contribution in [2.45, 2.75) is 22.0 Å². The normalized spacial score (nSPS) is 15.4. The molecule has 0 aliphatic carbocycles. The maximum atomic E-state index is 13.9. The molecule has 0 saturated carbocycles. The maximum absolute atomic E-state index is 13.9. The molecular formula is C22H20Cl3F2N3O3S. The lowest BCUT2D eigenvalue weighted by Crippen LogP contribution is -2.51. The number of carbonyl (C=O) groups is 1. The minimum Gasteiger partial charge on any atom is -0.368 e. The Hall–Kier alpha value is -2.07. The molecule has 0 spiro atoms. The highest BCUT2D eigenvalue weighted by Gasteiger charge is 2.36. The van der Waals surface area contributed by atoms with Crippen molar-refractivity contribution in [2.75, 3.05) is 31.1 Å². The van der Waals surface area contributed by atoms with Crippen molar-refractivity contribution in [3.63, 3.8) is 0 Å². The minimum absolute atomic E-state index is 0.00892. The third kappa shape index (κ3) is 4.71. The lowest BCUT2D eigenvalue weighted by Gasteiger charge is -2.37. The highest BCUT2D eigenvalue weighted by Crippen LogP contribution is 2.35. The Morgan fingerprint density at radius 3 is 2.18 bits per heavy atom. The van der Waals surface area contributed by atoms with Crippen molar-refractivity contribution in [3.8, 4) is 0 Å². The van der Waals surface area contributed by atoms with Crippen molar-refractivity contribution in [1.29, 1.82) is 0 Å². The number of halogens is 5. The summed E-state index contributed by atoms with van der Waals surface area (Å²) in [7, 11) is -4.08. The Kier molecular flexibility index (Phi) is 6.76. The van der Waals surface area contributed by atoms with Gasteiger partial charge in [0.05, 0.1) is 10.4 Å². The first-order chi connectivity index (χ1) is 15.9. The lowest BCUT2D eigenvalue weighted by atomic mass is 10.1. The summed E-state index contributed by atoms with van der Waals surface area (Å²) in [5.41, 5.74) is 1.29. The predicted octanol–water partition coefficient (Wildman–Crippen LogP) is 5.14. The number of anilines is 1. The van der Waals surface area contributed by atoms with E-state index in [9.17, 15) is 22.0 Å². The van der Waals surface area contributed by atoms with Gasteiger partial charge in [0.25, 0.3) is 26.1 Å². The quantitative estimate of drug-likeness (QED) is 0.422. The first-order valence-corrected chi connectivity index (χ1v) is 12.8. The number of benzene rings is 2. The molecule has 0 unspecified atom stereocenters. The average molecular weight is 551 g/mol. The van der Waals surface area contributed by atoms with Gasteiger partial charge in [0.15, 0.2) is 0 Å². The van der Waals surface area contributed by atoms with Gasteiger partial charge in [-0.1, -0.05) is 52.5 Å². The molecule has 0 radical (unpaired) electrons. The molecule has 1 aliphatic heterocycles. The smallest absolute Gasteiger partial charge is 0.274 e. The van der Waals surface area contributed by atoms with Crippen molar-refractivity contribution in [3.05, 3.63) is 59.8 Å². The second-order valence-corrected chi connectivity index (χ2v) is 12.1. The van der Waals surface area contributed by atoms with E-state index in [1.165, 1.54) is 23.1 Å². The number of nitrogens with zero attached hydrogens (tertiary/aromatic N) is 3. The zero-order valence-electron chi connectivity index (χ0n) is 17.9. The Morgan fingerprint density at radius 2 is 1.62 bits per heavy atom. The summed E-state index contributed by atoms with van der Waals surface area (Å²) >= 11 is 17.0. The van der Waals surface area contributed by atoms with Crippen LogP contribution >= 0.6 is 34.8 Å². The molecule has 1 amide bonds. The van der Waals surface area contributed by atoms with Crippen LogP contribution in [0.3, 0.4) is 0 Å². The van der Waals surface area contributed by atoms with Crippen molar-refractivity contribution in [1.82, 2.24) is 8.87 Å². The summed E-state index contributed by atoms with van der Waals surface area (Å²) in [4.78, 5) is 15.5. The number of amides is 1. The van der Waals surface area contributed by atoms with E-state index >= 15 is 0 Å². The number of fused-ring (bicyclic) bond motifs is 1. The van der Waals surface area contributed by atoms with E-state index in [2.05, 4.69) is 0 Å². The van der Waals surface area contributed by atoms with Crippen LogP contribution in [-0.4, -0.2) is 53.2 Å². The second-order valence-electron chi connectivity index (χ2n) is 7.98. The topological polar surface area (TPSA) is 62.6 Å². The molecule has 3 aromatic rings. The van der Waals surface area contributed by atoms with Gasteiger partial charge in [-0.05, 0) is 37.3 Å². The Labute approximate surface area is 210 Å². The minimum atomic E-state index is -4.08. The van der Waals surface area contributed by atoms with Gasteiger partial charge < -0.3 is 9.80 Å². The Morgan fingerprint density at radius 1 is 1.00 bits per heavy atom. The number of hydrogen-bond donors (Lipinski definition) is 0. The van der Waals surface area contributed by atoms with Gasteiger partial charge in [0, 0.05) is 49.0 Å². The van der Waals surface area contributed by atoms with E-state index in [-0.39, 0.29) is 34.5 Å². The summed E-state index contributed by atoms with van der Waals surface area (Å²) in [6.45, 7) is 3.18. The number of piperazine rings is 1. The van der Waals surface area contributed by atoms with Crippen molar-refractivity contribution in [2.24, 2.45) is 0 Å². The monoisotopic (exact) mass is 549 g/mol. The van der Waals surface area contributed by atoms with E-state index < -0.39 is 26.1 Å². The third-order valence-electron chi connectivity index (χ3n) is 5.77. The number of aryl methyl sites for hydroxylation is 1. The Balaban J connectivity index is 1.68. The van der Waals surface area contributed by atoms with Gasteiger partial charge >= 0.3 is 0 Å². The number of rotatable bonds is 4. The van der Waals surface area contributed by atoms with Crippen molar-refractivity contribution >= 4 is 67.3 Å². The standard InChI is InChI=1S/C22H20Cl3F2N3O3S/c1-14-2-5-16(6-3-14)34(32,33)30-13-18(20(26)27)17-12-15(4-7-19(17)30)28-8-10-29(11-9-28)21(31)22(23,24)25/h2-7,12-13,20H,8-11H2,1H3. The van der Waals surface area contributed by atoms with E-state index in [1.54, 1.807) is 24.3 Å². The fourth-order valence-corrected chi connectivity index (χ4v) is 5.69. The summed E-state index contributed by atoms with van der Waals surface area (Å²) in [6, 6.07) is 10.9. The number of alkyl halides is 5. The molecule has 182 valence electrons. The largest absolute Gasteiger partial charge is 0.368 e. The van der Waals surface area contributed by atoms with E-state index in [4.69, 9.17) is 34.8 Å². The Bertz CT molecular complexity index is 1330. The van der Waals surface area contributed by atoms with Crippen LogP contribution in [0.4, 0.5) is 14.5 Å². The molecule has 0 bridgehead atoms. The number of carbonyl (C=O) groups excluding carboxylic acids is 1. The van der Waals surface area contributed by atoms with Crippen molar-refractivity contribution < 1.29 is 22.0 Å². The summed E-state index contributed by atoms with van der Waals surface area (Å²) in [5.74, 6) is -0.619. The van der Waals surface area contributed by atoms with Crippen LogP contribution in [0.15, 0.2) is 53.6 Å². The van der Waals surface area contributed by atoms with Crippen LogP contribution in [0.25, 0.3) is 10.9 Å². The van der Waals surface area contributed by atoms with Gasteiger partial charge in [-0.2, -0.15) is 0 Å². The lowest BCUT2D eigenvalue weighted by molar-refractivity contribution is -0.130. The molecule has 1 fully saturated rings. The van der Waals surface area contributed by atoms with Gasteiger partial charge in [-0.15, -0.1) is 0 Å². The molecule has 2 heterocycles. The fraction of sp³-hybridized carbons (Fsp3) is 0.318. The summed E-state index contributed by atoms with van der Waals surface area (Å²) in [6.07, 6.45) is -1.89. The molecule has 1 saturated heterocycles. The average Bonchev–Trinajstić information content (AvgIpc) is 3.18. The van der Waals surface area contributed by atoms with Gasteiger partial charge in [0.2, 0.25) is 0 Å². The number of aromatic nitrogens is 1. The SMILES string of the molecule is Cc1ccc(S(=O)(=O)n2cc(C(F)F)c3cc(N4CCN(C(=O)C(Cl)(Cl)Cl)CC4)ccc32)cc1. The molecule has 4 rings (SSSR count). The molecule has 12 heteroatoms. The van der Waals surface area contributed by atoms with Gasteiger partial charge in [-0.3, -0.25) is 4.79 Å². The van der Waals surface area contributed by atoms with Crippen LogP contribution in [0.2, 0.25) is 0 Å². The summed E-state index contributed by atoms with van der Waals surface area (Å²) in [5, 5.41) is 0.142. The fourth-order valence-electron chi connectivity index (χ4n) is 3.95. The van der Waals surface area contributed by atoms with E-state index in [0.29, 0.717) is 18.8 Å². The van der Waals surface area contributed by atoms with Gasteiger partial charge in [-0.25, -0.2) is 21.2 Å². The van der Waals surface area contributed by atoms with Crippen LogP contribution in [0.1, 0.15) is 17.6 Å². The molecule has 2 aromatic carbocycles. The zero-order chi connectivity index (χ0) is 24.8. The highest BCUT2D eigenvalue weighted by atomic mass is 35.6. The number of hydrogen-bond acceptors (Lipinski definition) is 4. The molecule has 34 heavy (non-hydrogen) atoms. The zero-order valence-corrected chi connectivity index (χ0v) is 21.0. The van der Waals surface area contributed by atoms with E-state index in [0.717, 1.165) is 15.7 Å². The first-order valence-electron chi connectivity index (χ1n) is 10.3. The molecule has 6 nitrogen and oxygen atoms in total. The molecule has 0 N–H and O–H groups in total. The highest BCUT2D eigenvalue weighted by molar-refractivity contribution is 7.90. The first kappa shape index (κ1) is 25.0. The third-order valence-corrected chi connectivity index (χ3v) is 7.95. The maximum Gasteiger partial charge on any atom is 0.274 e.